The van der Waals surface area contributed by atoms with Crippen LogP contribution in [-0.4, -0.2) is 34.5 Å². The molecule has 0 saturated heterocycles. The molecule has 1 spiro atoms. The van der Waals surface area contributed by atoms with Crippen LogP contribution in [0.4, 0.5) is 5.82 Å². The highest BCUT2D eigenvalue weighted by atomic mass is 33.1. The lowest BCUT2D eigenvalue weighted by atomic mass is 9.93. The van der Waals surface area contributed by atoms with Gasteiger partial charge in [0.1, 0.15) is 11.6 Å². The Morgan fingerprint density at radius 1 is 1.16 bits per heavy atom. The molecule has 1 aliphatic carbocycles. The van der Waals surface area contributed by atoms with E-state index < -0.39 is 0 Å². The summed E-state index contributed by atoms with van der Waals surface area (Å²) < 4.78 is 5.23. The number of phenolic OH excluding ortho intramolecular Hbond substituents is 1. The molecule has 2 aliphatic rings. The molecule has 1 fully saturated rings. The fraction of sp³-hybridized carbons (Fsp3) is 0.483. The zero-order valence-corrected chi connectivity index (χ0v) is 23.3. The highest BCUT2D eigenvalue weighted by molar-refractivity contribution is 8.77. The molecule has 1 aromatic carbocycles. The number of nitrogens with two attached hydrogens (primary N) is 1. The van der Waals surface area contributed by atoms with Crippen molar-refractivity contribution < 1.29 is 19.4 Å². The van der Waals surface area contributed by atoms with Crippen LogP contribution in [0.25, 0.3) is 6.08 Å². The number of ketones is 2. The molecule has 0 radical (unpaired) electrons. The Bertz CT molecular complexity index is 1170. The number of ether oxygens (including phenoxy) is 1. The molecule has 198 valence electrons. The van der Waals surface area contributed by atoms with E-state index >= 15 is 0 Å². The van der Waals surface area contributed by atoms with Gasteiger partial charge < -0.3 is 15.6 Å². The van der Waals surface area contributed by atoms with E-state index in [0.717, 1.165) is 66.5 Å². The number of pyridine rings is 1. The fourth-order valence-electron chi connectivity index (χ4n) is 5.18. The lowest BCUT2D eigenvalue weighted by Crippen LogP contribution is -2.20. The Labute approximate surface area is 227 Å². The minimum atomic E-state index is -0.221. The van der Waals surface area contributed by atoms with E-state index in [1.807, 2.05) is 21.6 Å². The van der Waals surface area contributed by atoms with Crippen molar-refractivity contribution in [1.29, 1.82) is 0 Å². The number of anilines is 1. The third kappa shape index (κ3) is 6.71. The summed E-state index contributed by atoms with van der Waals surface area (Å²) in [6.45, 7) is 2.17. The lowest BCUT2D eigenvalue weighted by Gasteiger charge is -2.30. The van der Waals surface area contributed by atoms with Gasteiger partial charge in [0.15, 0.2) is 17.3 Å². The number of fused-ring (bicyclic) bond motifs is 4. The largest absolute Gasteiger partial charge is 0.504 e. The zero-order chi connectivity index (χ0) is 26.4. The van der Waals surface area contributed by atoms with E-state index in [1.54, 1.807) is 24.4 Å². The molecule has 1 saturated carbocycles. The summed E-state index contributed by atoms with van der Waals surface area (Å²) in [4.78, 5) is 29.7. The highest BCUT2D eigenvalue weighted by Crippen LogP contribution is 2.56. The first kappa shape index (κ1) is 27.6. The number of benzene rings is 1. The lowest BCUT2D eigenvalue weighted by molar-refractivity contribution is -0.124. The first-order valence-electron chi connectivity index (χ1n) is 13.0. The molecule has 2 heterocycles. The number of nitrogens with zero attached hydrogens (tertiary/aromatic N) is 1. The minimum Gasteiger partial charge on any atom is -0.504 e. The minimum absolute atomic E-state index is 0.0172. The van der Waals surface area contributed by atoms with Crippen LogP contribution in [0.1, 0.15) is 80.5 Å². The molecule has 1 atom stereocenters. The molecule has 8 heteroatoms. The molecule has 6 nitrogen and oxygen atoms in total. The molecular formula is C29H36N2O4S2. The number of methoxy groups -OCH3 is 1. The number of rotatable bonds is 2. The molecule has 0 unspecified atom stereocenters. The SMILES string of the molecule is CC[C@@H]1CCC(=O)CC(=O)C=Cc2cc(OC)c(O)cc2Cc2cnc(N)c(c2)C2(CCCC2)SSC1. The van der Waals surface area contributed by atoms with Gasteiger partial charge in [-0.2, -0.15) is 0 Å². The maximum absolute atomic E-state index is 12.6. The van der Waals surface area contributed by atoms with E-state index in [1.165, 1.54) is 13.2 Å². The molecule has 1 aliphatic heterocycles. The zero-order valence-electron chi connectivity index (χ0n) is 21.6. The van der Waals surface area contributed by atoms with Crippen LogP contribution in [0, 0.1) is 5.92 Å². The van der Waals surface area contributed by atoms with Gasteiger partial charge in [-0.3, -0.25) is 9.59 Å². The molecular weight excluding hydrogens is 504 g/mol. The average Bonchev–Trinajstić information content (AvgIpc) is 3.36. The van der Waals surface area contributed by atoms with Crippen LogP contribution in [0.3, 0.4) is 0 Å². The number of hydrogen-bond donors (Lipinski definition) is 2. The van der Waals surface area contributed by atoms with Gasteiger partial charge in [-0.25, -0.2) is 4.98 Å². The first-order valence-corrected chi connectivity index (χ1v) is 15.3. The van der Waals surface area contributed by atoms with Crippen LogP contribution in [-0.2, 0) is 20.8 Å². The van der Waals surface area contributed by atoms with E-state index in [-0.39, 0.29) is 28.5 Å². The van der Waals surface area contributed by atoms with Gasteiger partial charge in [-0.05, 0) is 72.6 Å². The van der Waals surface area contributed by atoms with E-state index in [0.29, 0.717) is 30.3 Å². The summed E-state index contributed by atoms with van der Waals surface area (Å²) in [6.07, 6.45) is 12.1. The van der Waals surface area contributed by atoms with Gasteiger partial charge >= 0.3 is 0 Å². The smallest absolute Gasteiger partial charge is 0.163 e. The quantitative estimate of drug-likeness (QED) is 0.330. The van der Waals surface area contributed by atoms with Gasteiger partial charge in [0.05, 0.1) is 18.3 Å². The van der Waals surface area contributed by atoms with Crippen molar-refractivity contribution in [1.82, 2.24) is 4.98 Å². The van der Waals surface area contributed by atoms with E-state index in [2.05, 4.69) is 18.0 Å². The summed E-state index contributed by atoms with van der Waals surface area (Å²) in [5.41, 5.74) is 10.1. The van der Waals surface area contributed by atoms with Crippen molar-refractivity contribution in [3.05, 3.63) is 52.7 Å². The molecule has 2 aromatic rings. The molecule has 2 bridgehead atoms. The Morgan fingerprint density at radius 3 is 2.68 bits per heavy atom. The maximum Gasteiger partial charge on any atom is 0.163 e. The van der Waals surface area contributed by atoms with Crippen molar-refractivity contribution in [2.24, 2.45) is 5.92 Å². The van der Waals surface area contributed by atoms with Crippen LogP contribution in [0.5, 0.6) is 11.5 Å². The Morgan fingerprint density at radius 2 is 1.95 bits per heavy atom. The number of Topliss-reactive ketones (excluding diaryl/α,β-unsaturated/α-hetero) is 1. The van der Waals surface area contributed by atoms with Crippen molar-refractivity contribution in [3.8, 4) is 11.5 Å². The average molecular weight is 541 g/mol. The third-order valence-electron chi connectivity index (χ3n) is 7.46. The second-order valence-electron chi connectivity index (χ2n) is 10.1. The molecule has 1 aromatic heterocycles. The summed E-state index contributed by atoms with van der Waals surface area (Å²) in [5.74, 6) is 2.09. The van der Waals surface area contributed by atoms with Crippen LogP contribution in [0.15, 0.2) is 30.5 Å². The number of phenols is 1. The number of carbonyl (C=O) groups is 2. The number of carbonyl (C=O) groups excluding carboxylic acids is 2. The van der Waals surface area contributed by atoms with Gasteiger partial charge in [0, 0.05) is 23.9 Å². The van der Waals surface area contributed by atoms with E-state index in [4.69, 9.17) is 10.5 Å². The first-order chi connectivity index (χ1) is 17.8. The molecule has 4 rings (SSSR count). The van der Waals surface area contributed by atoms with E-state index in [9.17, 15) is 14.7 Å². The topological polar surface area (TPSA) is 103 Å². The van der Waals surface area contributed by atoms with Gasteiger partial charge in [0.25, 0.3) is 0 Å². The second-order valence-corrected chi connectivity index (χ2v) is 12.8. The van der Waals surface area contributed by atoms with Crippen molar-refractivity contribution in [2.75, 3.05) is 18.6 Å². The predicted molar refractivity (Wildman–Crippen MR) is 153 cm³/mol. The molecule has 0 amide bonds. The number of hydrogen-bond acceptors (Lipinski definition) is 8. The van der Waals surface area contributed by atoms with Crippen LogP contribution < -0.4 is 10.5 Å². The molecule has 3 N–H and O–H groups in total. The van der Waals surface area contributed by atoms with Crippen LogP contribution >= 0.6 is 21.6 Å². The van der Waals surface area contributed by atoms with Crippen molar-refractivity contribution >= 4 is 45.0 Å². The van der Waals surface area contributed by atoms with Crippen molar-refractivity contribution in [3.63, 3.8) is 0 Å². The van der Waals surface area contributed by atoms with Gasteiger partial charge in [-0.15, -0.1) is 0 Å². The Balaban J connectivity index is 1.76. The summed E-state index contributed by atoms with van der Waals surface area (Å²) in [7, 11) is 5.28. The highest BCUT2D eigenvalue weighted by Gasteiger charge is 2.39. The van der Waals surface area contributed by atoms with Gasteiger partial charge in [-0.1, -0.05) is 53.9 Å². The van der Waals surface area contributed by atoms with Gasteiger partial charge in [0.2, 0.25) is 0 Å². The normalized spacial score (nSPS) is 20.9. The standard InChI is InChI=1S/C29H36N2O4S2/c1-3-19-6-8-23(32)16-24(33)9-7-21-15-27(35-2)26(34)14-22(21)12-20-13-25(28(30)31-17-20)29(37-36-18-19)10-4-5-11-29/h7,9,13-15,17,19,34H,3-6,8,10-12,16,18H2,1-2H3,(H2,30,31)/t19-/m1/s1. The fourth-order valence-corrected chi connectivity index (χ4v) is 9.01. The Kier molecular flexibility index (Phi) is 9.24. The number of aromatic nitrogens is 1. The Hall–Kier alpha value is -2.45. The van der Waals surface area contributed by atoms with Crippen LogP contribution in [0.2, 0.25) is 0 Å². The molecule has 37 heavy (non-hydrogen) atoms. The third-order valence-corrected chi connectivity index (χ3v) is 10.9. The monoisotopic (exact) mass is 540 g/mol. The number of aromatic hydroxyl groups is 1. The maximum atomic E-state index is 12.6. The predicted octanol–water partition coefficient (Wildman–Crippen LogP) is 6.48. The summed E-state index contributed by atoms with van der Waals surface area (Å²) in [6, 6.07) is 5.57. The van der Waals surface area contributed by atoms with Crippen molar-refractivity contribution in [2.45, 2.75) is 69.5 Å². The number of allylic oxidation sites excluding steroid dienone is 1. The summed E-state index contributed by atoms with van der Waals surface area (Å²) in [5, 5.41) is 10.5. The second kappa shape index (κ2) is 12.4. The summed E-state index contributed by atoms with van der Waals surface area (Å²) >= 11 is 0. The number of nitrogen functional groups attached to an aromatic ring is 1.